The van der Waals surface area contributed by atoms with Gasteiger partial charge in [-0.25, -0.2) is 0 Å². The predicted octanol–water partition coefficient (Wildman–Crippen LogP) is 3.11. The Balaban J connectivity index is 2.56. The van der Waals surface area contributed by atoms with Crippen LogP contribution in [0.1, 0.15) is 53.9 Å². The van der Waals surface area contributed by atoms with Crippen molar-refractivity contribution in [1.82, 2.24) is 4.90 Å². The van der Waals surface area contributed by atoms with Crippen LogP contribution in [0.4, 0.5) is 0 Å². The fourth-order valence-corrected chi connectivity index (χ4v) is 2.63. The third-order valence-corrected chi connectivity index (χ3v) is 4.12. The summed E-state index contributed by atoms with van der Waals surface area (Å²) in [5.74, 6) is 1.10. The lowest BCUT2D eigenvalue weighted by molar-refractivity contribution is -0.121. The molecule has 0 N–H and O–H groups in total. The van der Waals surface area contributed by atoms with Crippen LogP contribution in [-0.4, -0.2) is 29.8 Å². The van der Waals surface area contributed by atoms with Gasteiger partial charge in [-0.1, -0.05) is 20.8 Å². The smallest absolute Gasteiger partial charge is 0.146 e. The number of ketones is 1. The Morgan fingerprint density at radius 1 is 1.25 bits per heavy atom. The van der Waals surface area contributed by atoms with E-state index >= 15 is 0 Å². The fourth-order valence-electron chi connectivity index (χ4n) is 2.63. The van der Waals surface area contributed by atoms with Crippen molar-refractivity contribution in [3.05, 3.63) is 0 Å². The molecule has 0 radical (unpaired) electrons. The van der Waals surface area contributed by atoms with Crippen LogP contribution in [-0.2, 0) is 4.79 Å². The van der Waals surface area contributed by atoms with E-state index in [9.17, 15) is 4.79 Å². The van der Waals surface area contributed by atoms with E-state index in [2.05, 4.69) is 25.7 Å². The summed E-state index contributed by atoms with van der Waals surface area (Å²) < 4.78 is 0. The first-order valence-electron chi connectivity index (χ1n) is 6.57. The Hall–Kier alpha value is -0.370. The monoisotopic (exact) mass is 225 g/mol. The van der Waals surface area contributed by atoms with Crippen LogP contribution < -0.4 is 0 Å². The molecule has 2 unspecified atom stereocenters. The Kier molecular flexibility index (Phi) is 4.54. The number of hydrogen-bond donors (Lipinski definition) is 0. The molecular weight excluding hydrogens is 198 g/mol. The molecule has 0 aromatic rings. The van der Waals surface area contributed by atoms with Crippen molar-refractivity contribution in [3.8, 4) is 0 Å². The molecule has 94 valence electrons. The second-order valence-corrected chi connectivity index (χ2v) is 6.32. The maximum absolute atomic E-state index is 11.4. The highest BCUT2D eigenvalue weighted by Gasteiger charge is 2.28. The van der Waals surface area contributed by atoms with Gasteiger partial charge < -0.3 is 0 Å². The van der Waals surface area contributed by atoms with Crippen molar-refractivity contribution < 1.29 is 4.79 Å². The van der Waals surface area contributed by atoms with Gasteiger partial charge in [-0.05, 0) is 57.5 Å². The van der Waals surface area contributed by atoms with Gasteiger partial charge in [-0.3, -0.25) is 9.69 Å². The summed E-state index contributed by atoms with van der Waals surface area (Å²) in [6.45, 7) is 12.9. The van der Waals surface area contributed by atoms with E-state index in [4.69, 9.17) is 0 Å². The molecular formula is C14H27NO. The maximum atomic E-state index is 11.4. The van der Waals surface area contributed by atoms with Crippen LogP contribution >= 0.6 is 0 Å². The van der Waals surface area contributed by atoms with Crippen LogP contribution in [0.3, 0.4) is 0 Å². The third-order valence-electron chi connectivity index (χ3n) is 4.12. The number of rotatable bonds is 2. The van der Waals surface area contributed by atoms with Crippen molar-refractivity contribution >= 4 is 5.78 Å². The van der Waals surface area contributed by atoms with Crippen molar-refractivity contribution in [1.29, 1.82) is 0 Å². The first kappa shape index (κ1) is 13.7. The lowest BCUT2D eigenvalue weighted by Gasteiger charge is -2.30. The van der Waals surface area contributed by atoms with E-state index in [1.807, 2.05) is 6.92 Å². The lowest BCUT2D eigenvalue weighted by Crippen LogP contribution is -2.38. The van der Waals surface area contributed by atoms with E-state index in [-0.39, 0.29) is 6.04 Å². The normalized spacial score (nSPS) is 26.2. The molecule has 2 nitrogen and oxygen atoms in total. The predicted molar refractivity (Wildman–Crippen MR) is 68.5 cm³/mol. The highest BCUT2D eigenvalue weighted by Crippen LogP contribution is 2.34. The lowest BCUT2D eigenvalue weighted by atomic mass is 9.77. The molecule has 0 saturated carbocycles. The number of Topliss-reactive ketones (excluding diaryl/α,β-unsaturated/α-hetero) is 1. The maximum Gasteiger partial charge on any atom is 0.146 e. The van der Waals surface area contributed by atoms with E-state index in [1.165, 1.54) is 19.3 Å². The zero-order valence-electron chi connectivity index (χ0n) is 11.5. The molecule has 0 aromatic carbocycles. The summed E-state index contributed by atoms with van der Waals surface area (Å²) in [5, 5.41) is 0. The minimum atomic E-state index is 0.110. The molecule has 0 aliphatic carbocycles. The molecule has 1 fully saturated rings. The molecule has 1 aliphatic heterocycles. The first-order valence-corrected chi connectivity index (χ1v) is 6.57. The van der Waals surface area contributed by atoms with Crippen LogP contribution in [0, 0.1) is 11.3 Å². The highest BCUT2D eigenvalue weighted by atomic mass is 16.1. The molecule has 2 atom stereocenters. The van der Waals surface area contributed by atoms with Crippen molar-refractivity contribution in [2.75, 3.05) is 13.1 Å². The molecule has 16 heavy (non-hydrogen) atoms. The fraction of sp³-hybridized carbons (Fsp3) is 0.929. The minimum Gasteiger partial charge on any atom is -0.298 e. The Morgan fingerprint density at radius 3 is 2.38 bits per heavy atom. The SMILES string of the molecule is CC(=O)C(C)N1CCCC(C(C)(C)C)CC1. The summed E-state index contributed by atoms with van der Waals surface area (Å²) in [6.07, 6.45) is 3.78. The zero-order chi connectivity index (χ0) is 12.3. The largest absolute Gasteiger partial charge is 0.298 e. The molecule has 0 bridgehead atoms. The standard InChI is InChI=1S/C14H27NO/c1-11(12(2)16)15-9-6-7-13(8-10-15)14(3,4)5/h11,13H,6-10H2,1-5H3. The highest BCUT2D eigenvalue weighted by molar-refractivity contribution is 5.80. The number of likely N-dealkylation sites (tertiary alicyclic amines) is 1. The third kappa shape index (κ3) is 3.58. The minimum absolute atomic E-state index is 0.110. The molecule has 1 aliphatic rings. The average molecular weight is 225 g/mol. The van der Waals surface area contributed by atoms with Gasteiger partial charge in [0.15, 0.2) is 0 Å². The summed E-state index contributed by atoms with van der Waals surface area (Å²) >= 11 is 0. The Labute approximate surface area is 100 Å². The quantitative estimate of drug-likeness (QED) is 0.719. The van der Waals surface area contributed by atoms with Gasteiger partial charge in [0, 0.05) is 0 Å². The van der Waals surface area contributed by atoms with Gasteiger partial charge in [0.1, 0.15) is 5.78 Å². The van der Waals surface area contributed by atoms with E-state index in [0.29, 0.717) is 11.2 Å². The molecule has 1 heterocycles. The van der Waals surface area contributed by atoms with Crippen LogP contribution in [0.25, 0.3) is 0 Å². The van der Waals surface area contributed by atoms with Gasteiger partial charge in [-0.15, -0.1) is 0 Å². The number of carbonyl (C=O) groups is 1. The summed E-state index contributed by atoms with van der Waals surface area (Å²) in [4.78, 5) is 13.7. The van der Waals surface area contributed by atoms with Crippen molar-refractivity contribution in [3.63, 3.8) is 0 Å². The van der Waals surface area contributed by atoms with Crippen molar-refractivity contribution in [2.24, 2.45) is 11.3 Å². The zero-order valence-corrected chi connectivity index (χ0v) is 11.5. The van der Waals surface area contributed by atoms with Gasteiger partial charge in [0.25, 0.3) is 0 Å². The summed E-state index contributed by atoms with van der Waals surface area (Å²) in [7, 11) is 0. The Morgan fingerprint density at radius 2 is 1.88 bits per heavy atom. The molecule has 2 heteroatoms. The molecule has 0 spiro atoms. The topological polar surface area (TPSA) is 20.3 Å². The van der Waals surface area contributed by atoms with E-state index in [0.717, 1.165) is 19.0 Å². The van der Waals surface area contributed by atoms with E-state index < -0.39 is 0 Å². The van der Waals surface area contributed by atoms with Gasteiger partial charge in [-0.2, -0.15) is 0 Å². The summed E-state index contributed by atoms with van der Waals surface area (Å²) in [6, 6.07) is 0.110. The van der Waals surface area contributed by atoms with Crippen LogP contribution in [0.2, 0.25) is 0 Å². The van der Waals surface area contributed by atoms with Crippen molar-refractivity contribution in [2.45, 2.75) is 59.9 Å². The number of carbonyl (C=O) groups excluding carboxylic acids is 1. The average Bonchev–Trinajstić information content (AvgIpc) is 2.40. The molecule has 1 rings (SSSR count). The van der Waals surface area contributed by atoms with Gasteiger partial charge in [0.2, 0.25) is 0 Å². The number of hydrogen-bond acceptors (Lipinski definition) is 2. The molecule has 0 aromatic heterocycles. The summed E-state index contributed by atoms with van der Waals surface area (Å²) in [5.41, 5.74) is 0.412. The Bertz CT molecular complexity index is 242. The second-order valence-electron chi connectivity index (χ2n) is 6.32. The number of nitrogens with zero attached hydrogens (tertiary/aromatic N) is 1. The van der Waals surface area contributed by atoms with Crippen LogP contribution in [0.5, 0.6) is 0 Å². The second kappa shape index (κ2) is 5.31. The van der Waals surface area contributed by atoms with E-state index in [1.54, 1.807) is 6.92 Å². The molecule has 1 saturated heterocycles. The van der Waals surface area contributed by atoms with Gasteiger partial charge >= 0.3 is 0 Å². The first-order chi connectivity index (χ1) is 7.32. The molecule has 0 amide bonds. The van der Waals surface area contributed by atoms with Crippen LogP contribution in [0.15, 0.2) is 0 Å². The van der Waals surface area contributed by atoms with Gasteiger partial charge in [0.05, 0.1) is 6.04 Å².